The number of hydrogen-bond donors (Lipinski definition) is 0. The maximum absolute atomic E-state index is 12.9. The summed E-state index contributed by atoms with van der Waals surface area (Å²) < 4.78 is 5.86. The van der Waals surface area contributed by atoms with E-state index in [0.717, 1.165) is 22.3 Å². The van der Waals surface area contributed by atoms with Gasteiger partial charge >= 0.3 is 0 Å². The van der Waals surface area contributed by atoms with E-state index in [9.17, 15) is 9.59 Å². The lowest BCUT2D eigenvalue weighted by molar-refractivity contribution is 0.0784. The van der Waals surface area contributed by atoms with Gasteiger partial charge in [0.25, 0.3) is 5.91 Å². The van der Waals surface area contributed by atoms with Crippen LogP contribution in [0.3, 0.4) is 0 Å². The van der Waals surface area contributed by atoms with E-state index >= 15 is 0 Å². The fourth-order valence-corrected chi connectivity index (χ4v) is 3.58. The predicted octanol–water partition coefficient (Wildman–Crippen LogP) is 5.58. The Morgan fingerprint density at radius 3 is 2.15 bits per heavy atom. The van der Waals surface area contributed by atoms with Gasteiger partial charge in [-0.1, -0.05) is 49.4 Å². The van der Waals surface area contributed by atoms with Crippen LogP contribution < -0.4 is 0 Å². The number of hydrogen-bond acceptors (Lipinski definition) is 5. The molecule has 0 aliphatic carbocycles. The Balaban J connectivity index is 1.44. The minimum Gasteiger partial charge on any atom is -0.416 e. The minimum absolute atomic E-state index is 0.0959. The van der Waals surface area contributed by atoms with Gasteiger partial charge in [0.1, 0.15) is 0 Å². The highest BCUT2D eigenvalue weighted by molar-refractivity contribution is 5.96. The van der Waals surface area contributed by atoms with Crippen molar-refractivity contribution in [3.63, 3.8) is 0 Å². The molecule has 0 fully saturated rings. The third-order valence-electron chi connectivity index (χ3n) is 5.54. The third kappa shape index (κ3) is 4.90. The summed E-state index contributed by atoms with van der Waals surface area (Å²) in [4.78, 5) is 26.3. The topological polar surface area (TPSA) is 76.3 Å². The third-order valence-corrected chi connectivity index (χ3v) is 5.54. The highest BCUT2D eigenvalue weighted by atomic mass is 16.4. The van der Waals surface area contributed by atoms with Crippen molar-refractivity contribution < 1.29 is 14.0 Å². The molecule has 0 saturated carbocycles. The van der Waals surface area contributed by atoms with Crippen molar-refractivity contribution in [1.29, 1.82) is 0 Å². The predicted molar refractivity (Wildman–Crippen MR) is 127 cm³/mol. The first-order valence-electron chi connectivity index (χ1n) is 10.8. The van der Waals surface area contributed by atoms with Crippen LogP contribution in [-0.2, 0) is 6.54 Å². The molecule has 0 atom stereocenters. The average molecular weight is 440 g/mol. The first kappa shape index (κ1) is 22.1. The largest absolute Gasteiger partial charge is 0.416 e. The normalized spacial score (nSPS) is 10.8. The smallest absolute Gasteiger partial charge is 0.253 e. The summed E-state index contributed by atoms with van der Waals surface area (Å²) in [6, 6.07) is 22.4. The molecule has 4 rings (SSSR count). The van der Waals surface area contributed by atoms with Crippen molar-refractivity contribution in [2.45, 2.75) is 26.8 Å². The fourth-order valence-electron chi connectivity index (χ4n) is 3.58. The molecule has 1 amide bonds. The molecule has 1 heterocycles. The number of carbonyl (C=O) groups is 2. The van der Waals surface area contributed by atoms with Crippen molar-refractivity contribution in [2.24, 2.45) is 0 Å². The fraction of sp³-hybridized carbons (Fsp3) is 0.185. The molecule has 3 aromatic carbocycles. The van der Waals surface area contributed by atoms with E-state index in [-0.39, 0.29) is 11.7 Å². The maximum Gasteiger partial charge on any atom is 0.253 e. The van der Waals surface area contributed by atoms with Crippen LogP contribution in [0.15, 0.2) is 77.2 Å². The maximum atomic E-state index is 12.9. The number of carbonyl (C=O) groups excluding carboxylic acids is 2. The molecule has 4 aromatic rings. The lowest BCUT2D eigenvalue weighted by atomic mass is 10.1. The van der Waals surface area contributed by atoms with E-state index in [1.54, 1.807) is 36.2 Å². The highest BCUT2D eigenvalue weighted by Gasteiger charge is 2.15. The Labute approximate surface area is 192 Å². The minimum atomic E-state index is -0.0959. The Bertz CT molecular complexity index is 1270. The monoisotopic (exact) mass is 439 g/mol. The van der Waals surface area contributed by atoms with Crippen LogP contribution in [0.25, 0.3) is 22.9 Å². The molecule has 0 aliphatic heterocycles. The van der Waals surface area contributed by atoms with Crippen LogP contribution in [0.2, 0.25) is 0 Å². The number of aromatic nitrogens is 2. The zero-order valence-corrected chi connectivity index (χ0v) is 18.9. The second-order valence-corrected chi connectivity index (χ2v) is 7.94. The van der Waals surface area contributed by atoms with Crippen LogP contribution in [0.5, 0.6) is 0 Å². The zero-order valence-electron chi connectivity index (χ0n) is 18.9. The van der Waals surface area contributed by atoms with Crippen molar-refractivity contribution in [1.82, 2.24) is 15.1 Å². The molecule has 0 bridgehead atoms. The summed E-state index contributed by atoms with van der Waals surface area (Å²) >= 11 is 0. The number of benzene rings is 3. The molecule has 6 heteroatoms. The summed E-state index contributed by atoms with van der Waals surface area (Å²) in [5, 5.41) is 8.32. The molecular formula is C27H25N3O3. The molecule has 166 valence electrons. The average Bonchev–Trinajstić information content (AvgIpc) is 3.34. The van der Waals surface area contributed by atoms with E-state index in [2.05, 4.69) is 10.2 Å². The summed E-state index contributed by atoms with van der Waals surface area (Å²) in [5.74, 6) is 0.886. The number of ketones is 1. The molecule has 33 heavy (non-hydrogen) atoms. The number of amides is 1. The first-order chi connectivity index (χ1) is 16.0. The van der Waals surface area contributed by atoms with Crippen LogP contribution in [0.1, 0.15) is 45.2 Å². The molecule has 0 saturated heterocycles. The van der Waals surface area contributed by atoms with E-state index in [1.807, 2.05) is 62.4 Å². The van der Waals surface area contributed by atoms with Gasteiger partial charge in [-0.15, -0.1) is 10.2 Å². The van der Waals surface area contributed by atoms with Gasteiger partial charge in [-0.25, -0.2) is 0 Å². The van der Waals surface area contributed by atoms with E-state index in [0.29, 0.717) is 35.9 Å². The number of Topliss-reactive ketones (excluding diaryl/α,β-unsaturated/α-hetero) is 1. The van der Waals surface area contributed by atoms with Crippen LogP contribution >= 0.6 is 0 Å². The number of nitrogens with zero attached hydrogens (tertiary/aromatic N) is 3. The Morgan fingerprint density at radius 1 is 0.848 bits per heavy atom. The number of aryl methyl sites for hydroxylation is 1. The second kappa shape index (κ2) is 9.61. The van der Waals surface area contributed by atoms with Gasteiger partial charge in [-0.3, -0.25) is 9.59 Å². The quantitative estimate of drug-likeness (QED) is 0.352. The van der Waals surface area contributed by atoms with E-state index in [1.165, 1.54) is 0 Å². The molecule has 0 N–H and O–H groups in total. The second-order valence-electron chi connectivity index (χ2n) is 7.94. The van der Waals surface area contributed by atoms with Crippen molar-refractivity contribution in [2.75, 3.05) is 7.05 Å². The summed E-state index contributed by atoms with van der Waals surface area (Å²) in [5.41, 5.74) is 4.93. The van der Waals surface area contributed by atoms with Gasteiger partial charge in [0.15, 0.2) is 5.78 Å². The molecule has 0 spiro atoms. The number of rotatable bonds is 7. The molecule has 0 aliphatic rings. The Hall–Kier alpha value is -4.06. The first-order valence-corrected chi connectivity index (χ1v) is 10.8. The van der Waals surface area contributed by atoms with Gasteiger partial charge in [0.2, 0.25) is 11.8 Å². The highest BCUT2D eigenvalue weighted by Crippen LogP contribution is 2.26. The lowest BCUT2D eigenvalue weighted by Crippen LogP contribution is -2.26. The van der Waals surface area contributed by atoms with Crippen molar-refractivity contribution >= 4 is 11.7 Å². The van der Waals surface area contributed by atoms with E-state index in [4.69, 9.17) is 4.42 Å². The molecule has 0 unspecified atom stereocenters. The van der Waals surface area contributed by atoms with Crippen molar-refractivity contribution in [3.8, 4) is 22.9 Å². The SMILES string of the molecule is CCC(=O)c1ccc(CN(C)C(=O)c2ccc(-c3nnc(-c4ccccc4C)o3)cc2)cc1. The van der Waals surface area contributed by atoms with E-state index < -0.39 is 0 Å². The van der Waals surface area contributed by atoms with Gasteiger partial charge in [-0.2, -0.15) is 0 Å². The van der Waals surface area contributed by atoms with Crippen LogP contribution in [-0.4, -0.2) is 33.8 Å². The summed E-state index contributed by atoms with van der Waals surface area (Å²) in [6.07, 6.45) is 0.477. The lowest BCUT2D eigenvalue weighted by Gasteiger charge is -2.17. The molecule has 0 radical (unpaired) electrons. The van der Waals surface area contributed by atoms with Crippen LogP contribution in [0, 0.1) is 6.92 Å². The van der Waals surface area contributed by atoms with Gasteiger partial charge in [0.05, 0.1) is 0 Å². The summed E-state index contributed by atoms with van der Waals surface area (Å²) in [6.45, 7) is 4.29. The van der Waals surface area contributed by atoms with Gasteiger partial charge < -0.3 is 9.32 Å². The molecule has 1 aromatic heterocycles. The zero-order chi connectivity index (χ0) is 23.4. The molecular weight excluding hydrogens is 414 g/mol. The Morgan fingerprint density at radius 2 is 1.48 bits per heavy atom. The van der Waals surface area contributed by atoms with Crippen molar-refractivity contribution in [3.05, 3.63) is 95.1 Å². The van der Waals surface area contributed by atoms with Gasteiger partial charge in [-0.05, 0) is 48.4 Å². The van der Waals surface area contributed by atoms with Gasteiger partial charge in [0, 0.05) is 42.3 Å². The van der Waals surface area contributed by atoms with Crippen LogP contribution in [0.4, 0.5) is 0 Å². The molecule has 6 nitrogen and oxygen atoms in total. The summed E-state index contributed by atoms with van der Waals surface area (Å²) in [7, 11) is 1.76. The standard InChI is InChI=1S/C27H25N3O3/c1-4-24(31)20-11-9-19(10-12-20)17-30(3)27(32)22-15-13-21(14-16-22)25-28-29-26(33-25)23-8-6-5-7-18(23)2/h5-16H,4,17H2,1-3H3. The Kier molecular flexibility index (Phi) is 6.45.